The molecule has 0 amide bonds. The lowest BCUT2D eigenvalue weighted by molar-refractivity contribution is 0.653. The van der Waals surface area contributed by atoms with Crippen LogP contribution in [-0.4, -0.2) is 14.1 Å². The van der Waals surface area contributed by atoms with Crippen LogP contribution < -0.4 is 0 Å². The maximum Gasteiger partial charge on any atom is 0.140 e. The summed E-state index contributed by atoms with van der Waals surface area (Å²) in [5.41, 5.74) is 7.46. The Bertz CT molecular complexity index is 1880. The SMILES string of the molecule is CC1c2c(n(-c3cccc(-n4c5c(c6ccccc64)C=CCC5)n3)c3ccc(C#N)cc23)C=CC1C#N. The van der Waals surface area contributed by atoms with E-state index in [-0.39, 0.29) is 11.8 Å². The first-order chi connectivity index (χ1) is 18.2. The minimum absolute atomic E-state index is 0.0121. The van der Waals surface area contributed by atoms with Crippen molar-refractivity contribution >= 4 is 34.0 Å². The van der Waals surface area contributed by atoms with Crippen LogP contribution in [0.3, 0.4) is 0 Å². The smallest absolute Gasteiger partial charge is 0.140 e. The van der Waals surface area contributed by atoms with E-state index in [2.05, 4.69) is 76.7 Å². The van der Waals surface area contributed by atoms with Gasteiger partial charge in [0.05, 0.1) is 40.3 Å². The summed E-state index contributed by atoms with van der Waals surface area (Å²) >= 11 is 0. The third-order valence-electron chi connectivity index (χ3n) is 7.80. The molecule has 0 aliphatic heterocycles. The average molecular weight is 478 g/mol. The molecule has 3 aromatic heterocycles. The normalized spacial score (nSPS) is 17.9. The predicted molar refractivity (Wildman–Crippen MR) is 147 cm³/mol. The summed E-state index contributed by atoms with van der Waals surface area (Å²) in [5, 5.41) is 21.6. The molecule has 5 heteroatoms. The molecule has 0 N–H and O–H groups in total. The van der Waals surface area contributed by atoms with E-state index in [0.717, 1.165) is 52.2 Å². The highest BCUT2D eigenvalue weighted by Gasteiger charge is 2.29. The maximum atomic E-state index is 9.73. The molecule has 5 nitrogen and oxygen atoms in total. The average Bonchev–Trinajstić information content (AvgIpc) is 3.46. The van der Waals surface area contributed by atoms with Gasteiger partial charge in [-0.15, -0.1) is 0 Å². The fraction of sp³-hybridized carbons (Fsp3) is 0.156. The zero-order valence-corrected chi connectivity index (χ0v) is 20.4. The van der Waals surface area contributed by atoms with Crippen molar-refractivity contribution in [3.05, 3.63) is 101 Å². The third-order valence-corrected chi connectivity index (χ3v) is 7.80. The topological polar surface area (TPSA) is 70.3 Å². The Hall–Kier alpha value is -4.87. The summed E-state index contributed by atoms with van der Waals surface area (Å²) in [6.45, 7) is 2.09. The minimum atomic E-state index is -0.206. The van der Waals surface area contributed by atoms with Gasteiger partial charge < -0.3 is 0 Å². The van der Waals surface area contributed by atoms with Gasteiger partial charge in [-0.3, -0.25) is 9.13 Å². The third kappa shape index (κ3) is 3.05. The van der Waals surface area contributed by atoms with Gasteiger partial charge in [0.2, 0.25) is 0 Å². The van der Waals surface area contributed by atoms with Gasteiger partial charge in [-0.1, -0.05) is 49.4 Å². The number of rotatable bonds is 2. The molecule has 0 fully saturated rings. The fourth-order valence-corrected chi connectivity index (χ4v) is 6.08. The molecule has 0 bridgehead atoms. The summed E-state index contributed by atoms with van der Waals surface area (Å²) in [7, 11) is 0. The second kappa shape index (κ2) is 8.08. The highest BCUT2D eigenvalue weighted by atomic mass is 15.1. The van der Waals surface area contributed by atoms with E-state index in [0.29, 0.717) is 5.56 Å². The number of para-hydroxylation sites is 1. The predicted octanol–water partition coefficient (Wildman–Crippen LogP) is 7.07. The summed E-state index contributed by atoms with van der Waals surface area (Å²) in [6, 6.07) is 25.2. The van der Waals surface area contributed by atoms with E-state index in [9.17, 15) is 10.5 Å². The maximum absolute atomic E-state index is 9.73. The fourth-order valence-electron chi connectivity index (χ4n) is 6.08. The van der Waals surface area contributed by atoms with Crippen LogP contribution in [0.25, 0.3) is 45.6 Å². The Morgan fingerprint density at radius 3 is 2.54 bits per heavy atom. The van der Waals surface area contributed by atoms with Crippen molar-refractivity contribution < 1.29 is 0 Å². The van der Waals surface area contributed by atoms with E-state index < -0.39 is 0 Å². The molecule has 37 heavy (non-hydrogen) atoms. The Kier molecular flexibility index (Phi) is 4.68. The summed E-state index contributed by atoms with van der Waals surface area (Å²) < 4.78 is 4.47. The zero-order chi connectivity index (χ0) is 25.1. The zero-order valence-electron chi connectivity index (χ0n) is 20.4. The molecule has 7 rings (SSSR count). The molecule has 5 aromatic rings. The van der Waals surface area contributed by atoms with Crippen LogP contribution >= 0.6 is 0 Å². The van der Waals surface area contributed by atoms with Crippen LogP contribution in [0.5, 0.6) is 0 Å². The van der Waals surface area contributed by atoms with Crippen LogP contribution in [0.2, 0.25) is 0 Å². The highest BCUT2D eigenvalue weighted by Crippen LogP contribution is 2.42. The molecule has 2 atom stereocenters. The van der Waals surface area contributed by atoms with Gasteiger partial charge >= 0.3 is 0 Å². The van der Waals surface area contributed by atoms with E-state index in [4.69, 9.17) is 4.98 Å². The first-order valence-corrected chi connectivity index (χ1v) is 12.6. The van der Waals surface area contributed by atoms with E-state index in [1.165, 1.54) is 16.6 Å². The molecule has 2 aliphatic rings. The van der Waals surface area contributed by atoms with Gasteiger partial charge in [0.15, 0.2) is 0 Å². The molecular weight excluding hydrogens is 454 g/mol. The van der Waals surface area contributed by atoms with Crippen LogP contribution in [0.1, 0.15) is 47.3 Å². The van der Waals surface area contributed by atoms with Gasteiger partial charge in [-0.25, -0.2) is 4.98 Å². The molecule has 0 saturated heterocycles. The van der Waals surface area contributed by atoms with E-state index >= 15 is 0 Å². The van der Waals surface area contributed by atoms with Gasteiger partial charge in [0.25, 0.3) is 0 Å². The van der Waals surface area contributed by atoms with Crippen molar-refractivity contribution in [1.29, 1.82) is 10.5 Å². The first-order valence-electron chi connectivity index (χ1n) is 12.6. The summed E-state index contributed by atoms with van der Waals surface area (Å²) in [5.74, 6) is 1.51. The molecule has 176 valence electrons. The second-order valence-corrected chi connectivity index (χ2v) is 9.79. The number of nitriles is 2. The molecule has 2 unspecified atom stereocenters. The quantitative estimate of drug-likeness (QED) is 0.273. The standard InChI is InChI=1S/C32H23N5/c1-20-22(19-34)14-16-29-32(20)25-17-21(18-33)13-15-28(25)37(29)31-12-6-11-30(35-31)36-26-9-4-2-7-23(26)24-8-3-5-10-27(24)36/h2-4,6-9,11-17,20,22H,5,10H2,1H3. The summed E-state index contributed by atoms with van der Waals surface area (Å²) in [4.78, 5) is 5.22. The number of hydrogen-bond acceptors (Lipinski definition) is 3. The van der Waals surface area contributed by atoms with E-state index in [1.807, 2.05) is 36.4 Å². The first kappa shape index (κ1) is 21.4. The van der Waals surface area contributed by atoms with Gasteiger partial charge in [0, 0.05) is 27.9 Å². The van der Waals surface area contributed by atoms with Crippen LogP contribution in [0, 0.1) is 28.6 Å². The number of hydrogen-bond donors (Lipinski definition) is 0. The van der Waals surface area contributed by atoms with Crippen molar-refractivity contribution in [3.8, 4) is 23.8 Å². The minimum Gasteiger partial charge on any atom is -0.298 e. The molecule has 0 saturated carbocycles. The lowest BCUT2D eigenvalue weighted by Crippen LogP contribution is -2.12. The number of allylic oxidation sites excluding steroid dienone is 2. The lowest BCUT2D eigenvalue weighted by Gasteiger charge is -2.21. The van der Waals surface area contributed by atoms with Crippen LogP contribution in [0.4, 0.5) is 0 Å². The van der Waals surface area contributed by atoms with Gasteiger partial charge in [0.1, 0.15) is 11.6 Å². The largest absolute Gasteiger partial charge is 0.298 e. The number of nitrogens with zero attached hydrogens (tertiary/aromatic N) is 5. The van der Waals surface area contributed by atoms with Crippen molar-refractivity contribution in [3.63, 3.8) is 0 Å². The Morgan fingerprint density at radius 2 is 1.70 bits per heavy atom. The molecule has 0 radical (unpaired) electrons. The van der Waals surface area contributed by atoms with Crippen LogP contribution in [-0.2, 0) is 6.42 Å². The Labute approximate surface area is 214 Å². The summed E-state index contributed by atoms with van der Waals surface area (Å²) in [6.07, 6.45) is 10.5. The van der Waals surface area contributed by atoms with Crippen molar-refractivity contribution in [2.45, 2.75) is 25.7 Å². The molecule has 2 aromatic carbocycles. The number of pyridine rings is 1. The number of fused-ring (bicyclic) bond motifs is 6. The van der Waals surface area contributed by atoms with Gasteiger partial charge in [-0.2, -0.15) is 10.5 Å². The number of aromatic nitrogens is 3. The number of benzene rings is 2. The Balaban J connectivity index is 1.50. The molecule has 3 heterocycles. The van der Waals surface area contributed by atoms with Gasteiger partial charge in [-0.05, 0) is 60.9 Å². The van der Waals surface area contributed by atoms with Crippen molar-refractivity contribution in [1.82, 2.24) is 14.1 Å². The van der Waals surface area contributed by atoms with Crippen molar-refractivity contribution in [2.75, 3.05) is 0 Å². The van der Waals surface area contributed by atoms with Crippen molar-refractivity contribution in [2.24, 2.45) is 5.92 Å². The monoisotopic (exact) mass is 477 g/mol. The second-order valence-electron chi connectivity index (χ2n) is 9.79. The lowest BCUT2D eigenvalue weighted by atomic mass is 9.82. The van der Waals surface area contributed by atoms with Crippen LogP contribution in [0.15, 0.2) is 72.8 Å². The Morgan fingerprint density at radius 1 is 0.892 bits per heavy atom. The highest BCUT2D eigenvalue weighted by molar-refractivity contribution is 5.94. The van der Waals surface area contributed by atoms with E-state index in [1.54, 1.807) is 0 Å². The molecule has 2 aliphatic carbocycles. The molecule has 0 spiro atoms. The molecular formula is C32H23N5.